The fraction of sp³-hybridized carbons (Fsp3) is 1.00. The minimum Gasteiger partial charge on any atom is -0.178 e. The molecule has 0 saturated heterocycles. The van der Waals surface area contributed by atoms with E-state index in [-0.39, 0.29) is 0 Å². The van der Waals surface area contributed by atoms with Crippen molar-refractivity contribution in [2.75, 3.05) is 5.75 Å². The molecule has 32 valence electrons. The molecule has 0 spiro atoms. The van der Waals surface area contributed by atoms with Crippen LogP contribution in [0, 0.1) is 0 Å². The van der Waals surface area contributed by atoms with E-state index in [9.17, 15) is 0 Å². The van der Waals surface area contributed by atoms with Gasteiger partial charge in [0.15, 0.2) is 0 Å². The summed E-state index contributed by atoms with van der Waals surface area (Å²) in [5.41, 5.74) is 0. The van der Waals surface area contributed by atoms with Crippen molar-refractivity contribution in [2.45, 2.75) is 12.2 Å². The van der Waals surface area contributed by atoms with Crippen molar-refractivity contribution in [3.05, 3.63) is 0 Å². The Morgan fingerprint density at radius 3 is 2.00 bits per heavy atom. The van der Waals surface area contributed by atoms with Crippen LogP contribution in [0.15, 0.2) is 0 Å². The average molecular weight is 108 g/mol. The van der Waals surface area contributed by atoms with Gasteiger partial charge >= 0.3 is 0 Å². The second-order valence-corrected chi connectivity index (χ2v) is 2.28. The smallest absolute Gasteiger partial charge is 0.00766 e. The highest BCUT2D eigenvalue weighted by Gasteiger charge is 1.81. The maximum atomic E-state index is 4.02. The molecule has 0 unspecified atom stereocenters. The van der Waals surface area contributed by atoms with Gasteiger partial charge in [0.05, 0.1) is 0 Å². The second-order valence-electron chi connectivity index (χ2n) is 1.03. The molecule has 1 atom stereocenters. The summed E-state index contributed by atoms with van der Waals surface area (Å²) in [7, 11) is 0. The van der Waals surface area contributed by atoms with Crippen LogP contribution in [0.25, 0.3) is 0 Å². The van der Waals surface area contributed by atoms with Gasteiger partial charge in [-0.1, -0.05) is 6.92 Å². The quantitative estimate of drug-likeness (QED) is 0.464. The van der Waals surface area contributed by atoms with Crippen LogP contribution in [0.3, 0.4) is 0 Å². The molecule has 0 aliphatic rings. The lowest BCUT2D eigenvalue weighted by atomic mass is 10.6. The van der Waals surface area contributed by atoms with Crippen LogP contribution in [0.5, 0.6) is 0 Å². The van der Waals surface area contributed by atoms with Crippen molar-refractivity contribution in [1.82, 2.24) is 0 Å². The Kier molecular flexibility index (Phi) is 3.32. The molecule has 2 heteroatoms. The monoisotopic (exact) mass is 108 g/mol. The minimum atomic E-state index is 0.443. The molecule has 0 fully saturated rings. The Hall–Kier alpha value is 0.700. The predicted octanol–water partition coefficient (Wildman–Crippen LogP) is 1.23. The van der Waals surface area contributed by atoms with Gasteiger partial charge in [-0.25, -0.2) is 0 Å². The standard InChI is InChI=1S/C3H8S2/c1-3(5)2-4/h3-5H,2H2,1H3/t3-/m1/s1. The van der Waals surface area contributed by atoms with Gasteiger partial charge in [0, 0.05) is 11.0 Å². The molecular weight excluding hydrogens is 100 g/mol. The molecule has 0 bridgehead atoms. The summed E-state index contributed by atoms with van der Waals surface area (Å²) in [6.45, 7) is 2.01. The van der Waals surface area contributed by atoms with Gasteiger partial charge in [0.2, 0.25) is 0 Å². The maximum absolute atomic E-state index is 4.02. The molecule has 0 aliphatic carbocycles. The van der Waals surface area contributed by atoms with Crippen LogP contribution in [0.2, 0.25) is 0 Å². The third-order valence-electron chi connectivity index (χ3n) is 0.264. The summed E-state index contributed by atoms with van der Waals surface area (Å²) in [6, 6.07) is 0. The fourth-order valence-electron chi connectivity index (χ4n) is 0. The Balaban J connectivity index is 2.54. The molecule has 0 aliphatic heterocycles. The van der Waals surface area contributed by atoms with E-state index in [0.717, 1.165) is 5.75 Å². The SMILES string of the molecule is C[C@@H](S)CS. The third-order valence-corrected chi connectivity index (χ3v) is 1.28. The Labute approximate surface area is 43.8 Å². The van der Waals surface area contributed by atoms with E-state index in [4.69, 9.17) is 0 Å². The largest absolute Gasteiger partial charge is 0.178 e. The highest BCUT2D eigenvalue weighted by molar-refractivity contribution is 7.84. The van der Waals surface area contributed by atoms with Crippen LogP contribution in [-0.4, -0.2) is 11.0 Å². The molecule has 0 N–H and O–H groups in total. The van der Waals surface area contributed by atoms with Gasteiger partial charge in [-0.3, -0.25) is 0 Å². The topological polar surface area (TPSA) is 0 Å². The van der Waals surface area contributed by atoms with Gasteiger partial charge in [0.25, 0.3) is 0 Å². The highest BCUT2D eigenvalue weighted by atomic mass is 32.1. The van der Waals surface area contributed by atoms with Crippen molar-refractivity contribution < 1.29 is 0 Å². The van der Waals surface area contributed by atoms with Crippen LogP contribution in [0.4, 0.5) is 0 Å². The van der Waals surface area contributed by atoms with Gasteiger partial charge in [-0.2, -0.15) is 25.3 Å². The number of hydrogen-bond donors (Lipinski definition) is 2. The summed E-state index contributed by atoms with van der Waals surface area (Å²) in [6.07, 6.45) is 0. The second kappa shape index (κ2) is 2.91. The van der Waals surface area contributed by atoms with Gasteiger partial charge < -0.3 is 0 Å². The van der Waals surface area contributed by atoms with Crippen molar-refractivity contribution >= 4 is 25.3 Å². The van der Waals surface area contributed by atoms with Crippen LogP contribution >= 0.6 is 25.3 Å². The third kappa shape index (κ3) is 4.70. The van der Waals surface area contributed by atoms with Gasteiger partial charge in [-0.05, 0) is 0 Å². The molecule has 0 amide bonds. The van der Waals surface area contributed by atoms with Crippen molar-refractivity contribution in [3.63, 3.8) is 0 Å². The first-order valence-electron chi connectivity index (χ1n) is 1.56. The summed E-state index contributed by atoms with van der Waals surface area (Å²) in [4.78, 5) is 0. The first-order chi connectivity index (χ1) is 2.27. The van der Waals surface area contributed by atoms with Crippen LogP contribution in [0.1, 0.15) is 6.92 Å². The number of hydrogen-bond acceptors (Lipinski definition) is 2. The number of thiol groups is 2. The van der Waals surface area contributed by atoms with E-state index >= 15 is 0 Å². The lowest BCUT2D eigenvalue weighted by Crippen LogP contribution is -1.88. The molecule has 0 heterocycles. The lowest BCUT2D eigenvalue weighted by Gasteiger charge is -1.89. The van der Waals surface area contributed by atoms with Gasteiger partial charge in [0.1, 0.15) is 0 Å². The van der Waals surface area contributed by atoms with E-state index in [2.05, 4.69) is 25.3 Å². The fourth-order valence-corrected chi connectivity index (χ4v) is 0. The van der Waals surface area contributed by atoms with E-state index in [1.165, 1.54) is 0 Å². The van der Waals surface area contributed by atoms with E-state index in [1.807, 2.05) is 6.92 Å². The van der Waals surface area contributed by atoms with E-state index in [1.54, 1.807) is 0 Å². The molecular formula is C3H8S2. The zero-order valence-electron chi connectivity index (χ0n) is 3.18. The van der Waals surface area contributed by atoms with Gasteiger partial charge in [-0.15, -0.1) is 0 Å². The van der Waals surface area contributed by atoms with Crippen LogP contribution < -0.4 is 0 Å². The summed E-state index contributed by atoms with van der Waals surface area (Å²) < 4.78 is 0. The predicted molar refractivity (Wildman–Crippen MR) is 32.3 cm³/mol. The Morgan fingerprint density at radius 1 is 1.80 bits per heavy atom. The first-order valence-corrected chi connectivity index (χ1v) is 2.71. The maximum Gasteiger partial charge on any atom is 0.00766 e. The van der Waals surface area contributed by atoms with Crippen molar-refractivity contribution in [1.29, 1.82) is 0 Å². The molecule has 0 radical (unpaired) electrons. The molecule has 5 heavy (non-hydrogen) atoms. The van der Waals surface area contributed by atoms with E-state index < -0.39 is 0 Å². The van der Waals surface area contributed by atoms with Crippen molar-refractivity contribution in [2.24, 2.45) is 0 Å². The first kappa shape index (κ1) is 5.70. The van der Waals surface area contributed by atoms with Crippen LogP contribution in [-0.2, 0) is 0 Å². The summed E-state index contributed by atoms with van der Waals surface area (Å²) >= 11 is 7.96. The number of rotatable bonds is 1. The van der Waals surface area contributed by atoms with E-state index in [0.29, 0.717) is 5.25 Å². The molecule has 0 rings (SSSR count). The molecule has 0 saturated carbocycles. The molecule has 0 nitrogen and oxygen atoms in total. The molecule has 0 aromatic heterocycles. The molecule has 0 aromatic rings. The minimum absolute atomic E-state index is 0.443. The summed E-state index contributed by atoms with van der Waals surface area (Å²) in [5.74, 6) is 0.864. The lowest BCUT2D eigenvalue weighted by molar-refractivity contribution is 1.15. The summed E-state index contributed by atoms with van der Waals surface area (Å²) in [5, 5.41) is 0.443. The molecule has 0 aromatic carbocycles. The zero-order chi connectivity index (χ0) is 4.28. The Bertz CT molecular complexity index is 18.9. The highest BCUT2D eigenvalue weighted by Crippen LogP contribution is 1.91. The Morgan fingerprint density at radius 2 is 2.00 bits per heavy atom. The zero-order valence-corrected chi connectivity index (χ0v) is 4.97. The average Bonchev–Trinajstić information content (AvgIpc) is 1.38. The van der Waals surface area contributed by atoms with Crippen molar-refractivity contribution in [3.8, 4) is 0 Å². The normalized spacial score (nSPS) is 15.0.